The first-order valence-corrected chi connectivity index (χ1v) is 15.5. The Bertz CT molecular complexity index is 1180. The summed E-state index contributed by atoms with van der Waals surface area (Å²) in [6.07, 6.45) is 5.52. The van der Waals surface area contributed by atoms with Crippen molar-refractivity contribution in [2.75, 3.05) is 6.54 Å². The van der Waals surface area contributed by atoms with Crippen molar-refractivity contribution >= 4 is 23.6 Å². The average molecular weight is 575 g/mol. The standard InChI is InChI=1S/C35H46N2O5/c1-24(38)28(31(25-15-8-5-9-16-25)26-17-10-6-11-18-26)23-30(39)29-21-14-22-37(29)33(40)32(27-19-12-7-13-20-27)36-34(41)42-35(2,3)4/h5-6,8-11,15-18,27-29,31-32H,7,12-14,19-23H2,1-4H3,(H,36,41)/t28-,29+,32+/m1/s1. The second kappa shape index (κ2) is 14.1. The van der Waals surface area contributed by atoms with E-state index in [4.69, 9.17) is 4.74 Å². The highest BCUT2D eigenvalue weighted by atomic mass is 16.6. The van der Waals surface area contributed by atoms with Crippen LogP contribution in [-0.2, 0) is 19.1 Å². The number of Topliss-reactive ketones (excluding diaryl/α,β-unsaturated/α-hetero) is 2. The van der Waals surface area contributed by atoms with Crippen LogP contribution < -0.4 is 5.32 Å². The van der Waals surface area contributed by atoms with E-state index in [9.17, 15) is 19.2 Å². The molecule has 2 amide bonds. The Kier molecular flexibility index (Phi) is 10.6. The lowest BCUT2D eigenvalue weighted by Gasteiger charge is -2.35. The van der Waals surface area contributed by atoms with Crippen molar-refractivity contribution in [2.24, 2.45) is 11.8 Å². The highest BCUT2D eigenvalue weighted by Gasteiger charge is 2.42. The van der Waals surface area contributed by atoms with Crippen molar-refractivity contribution in [3.05, 3.63) is 71.8 Å². The van der Waals surface area contributed by atoms with Gasteiger partial charge in [-0.3, -0.25) is 14.4 Å². The van der Waals surface area contributed by atoms with Crippen molar-refractivity contribution in [1.29, 1.82) is 0 Å². The molecule has 3 atom stereocenters. The van der Waals surface area contributed by atoms with E-state index in [1.165, 1.54) is 0 Å². The van der Waals surface area contributed by atoms with Gasteiger partial charge in [0.2, 0.25) is 5.91 Å². The third-order valence-corrected chi connectivity index (χ3v) is 8.63. The number of hydrogen-bond acceptors (Lipinski definition) is 5. The summed E-state index contributed by atoms with van der Waals surface area (Å²) in [5, 5.41) is 2.88. The molecule has 2 aliphatic rings. The number of benzene rings is 2. The summed E-state index contributed by atoms with van der Waals surface area (Å²) in [6, 6.07) is 18.3. The van der Waals surface area contributed by atoms with Crippen LogP contribution >= 0.6 is 0 Å². The number of ketones is 2. The number of amides is 2. The van der Waals surface area contributed by atoms with Crippen molar-refractivity contribution in [3.63, 3.8) is 0 Å². The Labute approximate surface area is 250 Å². The van der Waals surface area contributed by atoms with Gasteiger partial charge in [0, 0.05) is 24.8 Å². The monoisotopic (exact) mass is 574 g/mol. The zero-order chi connectivity index (χ0) is 30.3. The average Bonchev–Trinajstić information content (AvgIpc) is 3.46. The molecule has 1 N–H and O–H groups in total. The predicted molar refractivity (Wildman–Crippen MR) is 163 cm³/mol. The van der Waals surface area contributed by atoms with E-state index in [0.717, 1.165) is 43.2 Å². The first-order valence-electron chi connectivity index (χ1n) is 15.5. The lowest BCUT2D eigenvalue weighted by Crippen LogP contribution is -2.55. The van der Waals surface area contributed by atoms with E-state index in [-0.39, 0.29) is 35.7 Å². The fourth-order valence-corrected chi connectivity index (χ4v) is 6.65. The van der Waals surface area contributed by atoms with E-state index in [2.05, 4.69) is 5.32 Å². The first-order chi connectivity index (χ1) is 20.0. The van der Waals surface area contributed by atoms with Gasteiger partial charge >= 0.3 is 6.09 Å². The topological polar surface area (TPSA) is 92.8 Å². The Balaban J connectivity index is 1.57. The van der Waals surface area contributed by atoms with Gasteiger partial charge in [-0.15, -0.1) is 0 Å². The van der Waals surface area contributed by atoms with Crippen LogP contribution in [0.5, 0.6) is 0 Å². The largest absolute Gasteiger partial charge is 0.444 e. The molecule has 2 aromatic carbocycles. The van der Waals surface area contributed by atoms with Crippen LogP contribution in [0.3, 0.4) is 0 Å². The maximum absolute atomic E-state index is 14.1. The van der Waals surface area contributed by atoms with Gasteiger partial charge in [-0.2, -0.15) is 0 Å². The maximum Gasteiger partial charge on any atom is 0.408 e. The van der Waals surface area contributed by atoms with Gasteiger partial charge in [0.05, 0.1) is 6.04 Å². The SMILES string of the molecule is CC(=O)[C@@H](CC(=O)[C@@H]1CCCN1C(=O)[C@@H](NC(=O)OC(C)(C)C)C1CCCCC1)C(c1ccccc1)c1ccccc1. The summed E-state index contributed by atoms with van der Waals surface area (Å²) in [7, 11) is 0. The third kappa shape index (κ3) is 8.08. The number of likely N-dealkylation sites (tertiary alicyclic amines) is 1. The molecule has 1 heterocycles. The summed E-state index contributed by atoms with van der Waals surface area (Å²) in [4.78, 5) is 55.7. The summed E-state index contributed by atoms with van der Waals surface area (Å²) in [5.41, 5.74) is 1.27. The molecule has 1 saturated carbocycles. The number of carbonyl (C=O) groups excluding carboxylic acids is 4. The van der Waals surface area contributed by atoms with Crippen molar-refractivity contribution in [1.82, 2.24) is 10.2 Å². The Hall–Kier alpha value is -3.48. The maximum atomic E-state index is 14.1. The van der Waals surface area contributed by atoms with E-state index in [1.807, 2.05) is 60.7 Å². The molecule has 42 heavy (non-hydrogen) atoms. The van der Waals surface area contributed by atoms with Gasteiger partial charge in [-0.25, -0.2) is 4.79 Å². The molecule has 1 saturated heterocycles. The highest BCUT2D eigenvalue weighted by molar-refractivity contribution is 5.95. The second-order valence-corrected chi connectivity index (χ2v) is 12.9. The van der Waals surface area contributed by atoms with Gasteiger partial charge in [0.25, 0.3) is 0 Å². The van der Waals surface area contributed by atoms with Gasteiger partial charge < -0.3 is 15.0 Å². The van der Waals surface area contributed by atoms with Crippen LogP contribution in [0.25, 0.3) is 0 Å². The molecular weight excluding hydrogens is 528 g/mol. The van der Waals surface area contributed by atoms with Crippen molar-refractivity contribution in [2.45, 2.75) is 103 Å². The molecule has 0 aromatic heterocycles. The normalized spacial score (nSPS) is 19.3. The molecule has 0 spiro atoms. The number of nitrogens with one attached hydrogen (secondary N) is 1. The molecular formula is C35H46N2O5. The number of nitrogens with zero attached hydrogens (tertiary/aromatic N) is 1. The lowest BCUT2D eigenvalue weighted by atomic mass is 9.76. The molecule has 226 valence electrons. The van der Waals surface area contributed by atoms with Gasteiger partial charge in [-0.05, 0) is 70.4 Å². The first kappa shape index (κ1) is 31.5. The molecule has 0 bridgehead atoms. The van der Waals surface area contributed by atoms with Crippen molar-refractivity contribution in [3.8, 4) is 0 Å². The number of alkyl carbamates (subject to hydrolysis) is 1. The van der Waals surface area contributed by atoms with Crippen LogP contribution in [0.1, 0.15) is 96.1 Å². The van der Waals surface area contributed by atoms with Crippen LogP contribution in [0, 0.1) is 11.8 Å². The number of ether oxygens (including phenoxy) is 1. The Morgan fingerprint density at radius 2 is 1.43 bits per heavy atom. The van der Waals surface area contributed by atoms with Crippen LogP contribution in [0.2, 0.25) is 0 Å². The summed E-state index contributed by atoms with van der Waals surface area (Å²) >= 11 is 0. The zero-order valence-corrected chi connectivity index (χ0v) is 25.5. The smallest absolute Gasteiger partial charge is 0.408 e. The van der Waals surface area contributed by atoms with E-state index < -0.39 is 29.7 Å². The molecule has 7 heteroatoms. The zero-order valence-electron chi connectivity index (χ0n) is 25.5. The molecule has 1 aliphatic heterocycles. The van der Waals surface area contributed by atoms with Crippen LogP contribution in [-0.4, -0.2) is 52.7 Å². The molecule has 2 fully saturated rings. The fourth-order valence-electron chi connectivity index (χ4n) is 6.65. The lowest BCUT2D eigenvalue weighted by molar-refractivity contribution is -0.141. The van der Waals surface area contributed by atoms with Crippen LogP contribution in [0.4, 0.5) is 4.79 Å². The molecule has 4 rings (SSSR count). The van der Waals surface area contributed by atoms with Gasteiger partial charge in [-0.1, -0.05) is 79.9 Å². The third-order valence-electron chi connectivity index (χ3n) is 8.63. The number of hydrogen-bond donors (Lipinski definition) is 1. The number of carbonyl (C=O) groups is 4. The van der Waals surface area contributed by atoms with E-state index in [1.54, 1.807) is 32.6 Å². The summed E-state index contributed by atoms with van der Waals surface area (Å²) < 4.78 is 5.51. The van der Waals surface area contributed by atoms with Crippen LogP contribution in [0.15, 0.2) is 60.7 Å². The summed E-state index contributed by atoms with van der Waals surface area (Å²) in [6.45, 7) is 7.40. The molecule has 2 aromatic rings. The minimum Gasteiger partial charge on any atom is -0.444 e. The molecule has 0 radical (unpaired) electrons. The van der Waals surface area contributed by atoms with Gasteiger partial charge in [0.1, 0.15) is 17.4 Å². The quantitative estimate of drug-likeness (QED) is 0.352. The predicted octanol–water partition coefficient (Wildman–Crippen LogP) is 6.45. The Morgan fingerprint density at radius 1 is 0.857 bits per heavy atom. The van der Waals surface area contributed by atoms with E-state index in [0.29, 0.717) is 19.4 Å². The molecule has 7 nitrogen and oxygen atoms in total. The highest BCUT2D eigenvalue weighted by Crippen LogP contribution is 2.36. The minimum absolute atomic E-state index is 0.000583. The van der Waals surface area contributed by atoms with Gasteiger partial charge in [0.15, 0.2) is 5.78 Å². The molecule has 0 unspecified atom stereocenters. The second-order valence-electron chi connectivity index (χ2n) is 12.9. The van der Waals surface area contributed by atoms with Crippen molar-refractivity contribution < 1.29 is 23.9 Å². The minimum atomic E-state index is -0.737. The molecule has 1 aliphatic carbocycles. The Morgan fingerprint density at radius 3 is 1.95 bits per heavy atom. The number of rotatable bonds is 10. The van der Waals surface area contributed by atoms with E-state index >= 15 is 0 Å². The summed E-state index contributed by atoms with van der Waals surface area (Å²) in [5.74, 6) is -1.20. The fraction of sp³-hybridized carbons (Fsp3) is 0.543.